The van der Waals surface area contributed by atoms with Gasteiger partial charge < -0.3 is 10.0 Å². The Balaban J connectivity index is 1.78. The van der Waals surface area contributed by atoms with Crippen LogP contribution in [0.4, 0.5) is 13.2 Å². The zero-order valence-corrected chi connectivity index (χ0v) is 14.5. The van der Waals surface area contributed by atoms with E-state index in [2.05, 4.69) is 0 Å². The van der Waals surface area contributed by atoms with Gasteiger partial charge in [0.2, 0.25) is 0 Å². The summed E-state index contributed by atoms with van der Waals surface area (Å²) in [7, 11) is 0. The second-order valence-corrected chi connectivity index (χ2v) is 7.48. The highest BCUT2D eigenvalue weighted by Gasteiger charge is 2.51. The van der Waals surface area contributed by atoms with Crippen LogP contribution >= 0.6 is 0 Å². The van der Waals surface area contributed by atoms with Crippen LogP contribution in [0.15, 0.2) is 24.3 Å². The van der Waals surface area contributed by atoms with E-state index in [0.29, 0.717) is 23.9 Å². The first kappa shape index (κ1) is 18.2. The minimum atomic E-state index is -4.77. The van der Waals surface area contributed by atoms with Crippen molar-refractivity contribution in [3.8, 4) is 0 Å². The molecule has 4 atom stereocenters. The highest BCUT2D eigenvalue weighted by Crippen LogP contribution is 2.47. The molecule has 2 bridgehead atoms. The van der Waals surface area contributed by atoms with Gasteiger partial charge in [0.1, 0.15) is 0 Å². The molecule has 0 radical (unpaired) electrons. The number of alkyl halides is 3. The van der Waals surface area contributed by atoms with E-state index < -0.39 is 11.8 Å². The van der Waals surface area contributed by atoms with Gasteiger partial charge in [0, 0.05) is 18.2 Å². The molecule has 3 rings (SSSR count). The highest BCUT2D eigenvalue weighted by molar-refractivity contribution is 5.94. The van der Waals surface area contributed by atoms with Gasteiger partial charge >= 0.3 is 6.18 Å². The number of halogens is 3. The Kier molecular flexibility index (Phi) is 4.60. The molecule has 138 valence electrons. The summed E-state index contributed by atoms with van der Waals surface area (Å²) in [5, 5.41) is 9.73. The van der Waals surface area contributed by atoms with Crippen LogP contribution in [0.3, 0.4) is 0 Å². The Bertz CT molecular complexity index is 639. The van der Waals surface area contributed by atoms with Crippen molar-refractivity contribution in [1.82, 2.24) is 4.90 Å². The summed E-state index contributed by atoms with van der Waals surface area (Å²) in [6.45, 7) is 3.25. The SMILES string of the molecule is CCN(C(=O)c1ccc(C(C)(O)C(F)(F)F)cc1)C1CC2CCC1C2. The van der Waals surface area contributed by atoms with Crippen LogP contribution in [0.5, 0.6) is 0 Å². The summed E-state index contributed by atoms with van der Waals surface area (Å²) in [6.07, 6.45) is -0.148. The first-order valence-corrected chi connectivity index (χ1v) is 8.85. The molecule has 1 N–H and O–H groups in total. The number of carbonyl (C=O) groups is 1. The fourth-order valence-electron chi connectivity index (χ4n) is 4.39. The Hall–Kier alpha value is -1.56. The lowest BCUT2D eigenvalue weighted by molar-refractivity contribution is -0.258. The van der Waals surface area contributed by atoms with Crippen molar-refractivity contribution in [2.24, 2.45) is 11.8 Å². The van der Waals surface area contributed by atoms with Crippen molar-refractivity contribution in [2.45, 2.75) is 57.3 Å². The van der Waals surface area contributed by atoms with Gasteiger partial charge in [-0.2, -0.15) is 13.2 Å². The molecule has 0 aromatic heterocycles. The Morgan fingerprint density at radius 3 is 2.28 bits per heavy atom. The van der Waals surface area contributed by atoms with Gasteiger partial charge in [-0.15, -0.1) is 0 Å². The Labute approximate surface area is 145 Å². The number of benzene rings is 1. The zero-order chi connectivity index (χ0) is 18.4. The monoisotopic (exact) mass is 355 g/mol. The van der Waals surface area contributed by atoms with E-state index in [4.69, 9.17) is 0 Å². The topological polar surface area (TPSA) is 40.5 Å². The summed E-state index contributed by atoms with van der Waals surface area (Å²) >= 11 is 0. The standard InChI is InChI=1S/C19H24F3NO2/c1-3-23(16-11-12-4-5-14(16)10-12)17(24)13-6-8-15(9-7-13)18(2,25)19(20,21)22/h6-9,12,14,16,25H,3-5,10-11H2,1-2H3. The lowest BCUT2D eigenvalue weighted by atomic mass is 9.92. The zero-order valence-electron chi connectivity index (χ0n) is 14.5. The molecule has 0 spiro atoms. The number of carbonyl (C=O) groups excluding carboxylic acids is 1. The number of hydrogen-bond acceptors (Lipinski definition) is 2. The summed E-state index contributed by atoms with van der Waals surface area (Å²) in [5.74, 6) is 1.12. The molecule has 2 aliphatic rings. The van der Waals surface area contributed by atoms with Gasteiger partial charge in [0.05, 0.1) is 0 Å². The van der Waals surface area contributed by atoms with Crippen LogP contribution in [-0.4, -0.2) is 34.7 Å². The Morgan fingerprint density at radius 1 is 1.20 bits per heavy atom. The number of hydrogen-bond donors (Lipinski definition) is 1. The minimum absolute atomic E-state index is 0.141. The summed E-state index contributed by atoms with van der Waals surface area (Å²) < 4.78 is 38.8. The lowest BCUT2D eigenvalue weighted by Gasteiger charge is -2.34. The fraction of sp³-hybridized carbons (Fsp3) is 0.632. The van der Waals surface area contributed by atoms with E-state index in [-0.39, 0.29) is 17.5 Å². The molecule has 6 heteroatoms. The number of nitrogens with zero attached hydrogens (tertiary/aromatic N) is 1. The highest BCUT2D eigenvalue weighted by atomic mass is 19.4. The van der Waals surface area contributed by atoms with Crippen molar-refractivity contribution in [2.75, 3.05) is 6.54 Å². The molecule has 25 heavy (non-hydrogen) atoms. The minimum Gasteiger partial charge on any atom is -0.376 e. The van der Waals surface area contributed by atoms with E-state index >= 15 is 0 Å². The average molecular weight is 355 g/mol. The van der Waals surface area contributed by atoms with Crippen molar-refractivity contribution in [3.63, 3.8) is 0 Å². The van der Waals surface area contributed by atoms with Gasteiger partial charge in [-0.25, -0.2) is 0 Å². The van der Waals surface area contributed by atoms with E-state index in [1.807, 2.05) is 11.8 Å². The van der Waals surface area contributed by atoms with Crippen molar-refractivity contribution in [1.29, 1.82) is 0 Å². The first-order chi connectivity index (χ1) is 11.6. The second-order valence-electron chi connectivity index (χ2n) is 7.48. The summed E-state index contributed by atoms with van der Waals surface area (Å²) in [6, 6.07) is 5.39. The molecular formula is C19H24F3NO2. The molecule has 1 amide bonds. The molecule has 0 aliphatic heterocycles. The maximum absolute atomic E-state index is 12.9. The van der Waals surface area contributed by atoms with Crippen LogP contribution in [0.2, 0.25) is 0 Å². The van der Waals surface area contributed by atoms with Gasteiger partial charge in [-0.3, -0.25) is 4.79 Å². The number of amides is 1. The smallest absolute Gasteiger partial charge is 0.376 e. The van der Waals surface area contributed by atoms with E-state index in [9.17, 15) is 23.1 Å². The molecule has 1 aromatic rings. The van der Waals surface area contributed by atoms with Gasteiger partial charge in [-0.05, 0) is 62.6 Å². The summed E-state index contributed by atoms with van der Waals surface area (Å²) in [4.78, 5) is 14.7. The molecule has 0 saturated heterocycles. The first-order valence-electron chi connectivity index (χ1n) is 8.85. The van der Waals surface area contributed by atoms with Gasteiger partial charge in [0.15, 0.2) is 5.60 Å². The number of fused-ring (bicyclic) bond motifs is 2. The lowest BCUT2D eigenvalue weighted by Crippen LogP contribution is -2.43. The molecule has 2 saturated carbocycles. The third kappa shape index (κ3) is 3.16. The largest absolute Gasteiger partial charge is 0.421 e. The maximum atomic E-state index is 12.9. The Morgan fingerprint density at radius 2 is 1.84 bits per heavy atom. The van der Waals surface area contributed by atoms with Crippen LogP contribution < -0.4 is 0 Å². The number of rotatable bonds is 4. The number of aliphatic hydroxyl groups is 1. The quantitative estimate of drug-likeness (QED) is 0.883. The van der Waals surface area contributed by atoms with E-state index in [0.717, 1.165) is 19.8 Å². The maximum Gasteiger partial charge on any atom is 0.421 e. The van der Waals surface area contributed by atoms with Crippen molar-refractivity contribution in [3.05, 3.63) is 35.4 Å². The van der Waals surface area contributed by atoms with Crippen molar-refractivity contribution >= 4 is 5.91 Å². The summed E-state index contributed by atoms with van der Waals surface area (Å²) in [5.41, 5.74) is -2.82. The molecule has 4 unspecified atom stereocenters. The molecule has 0 heterocycles. The van der Waals surface area contributed by atoms with Gasteiger partial charge in [-0.1, -0.05) is 18.6 Å². The third-order valence-electron chi connectivity index (χ3n) is 5.95. The second kappa shape index (κ2) is 6.31. The third-order valence-corrected chi connectivity index (χ3v) is 5.95. The molecule has 2 fully saturated rings. The molecular weight excluding hydrogens is 331 g/mol. The van der Waals surface area contributed by atoms with Crippen LogP contribution in [0.1, 0.15) is 55.5 Å². The molecule has 2 aliphatic carbocycles. The molecule has 3 nitrogen and oxygen atoms in total. The predicted octanol–water partition coefficient (Wildman–Crippen LogP) is 4.11. The van der Waals surface area contributed by atoms with Gasteiger partial charge in [0.25, 0.3) is 5.91 Å². The molecule has 1 aromatic carbocycles. The van der Waals surface area contributed by atoms with Crippen LogP contribution in [0, 0.1) is 11.8 Å². The van der Waals surface area contributed by atoms with Crippen molar-refractivity contribution < 1.29 is 23.1 Å². The fourth-order valence-corrected chi connectivity index (χ4v) is 4.39. The van der Waals surface area contributed by atoms with E-state index in [1.165, 1.54) is 37.1 Å². The van der Waals surface area contributed by atoms with Crippen LogP contribution in [0.25, 0.3) is 0 Å². The predicted molar refractivity (Wildman–Crippen MR) is 88.0 cm³/mol. The normalized spacial score (nSPS) is 28.0. The van der Waals surface area contributed by atoms with E-state index in [1.54, 1.807) is 0 Å². The average Bonchev–Trinajstić information content (AvgIpc) is 3.17. The van der Waals surface area contributed by atoms with Crippen LogP contribution in [-0.2, 0) is 5.60 Å².